The van der Waals surface area contributed by atoms with E-state index in [-0.39, 0.29) is 27.7 Å². The molecule has 1 fully saturated rings. The fourth-order valence-corrected chi connectivity index (χ4v) is 5.46. The molecule has 10 heteroatoms. The summed E-state index contributed by atoms with van der Waals surface area (Å²) in [6.45, 7) is 4.17. The Morgan fingerprint density at radius 3 is 2.41 bits per heavy atom. The summed E-state index contributed by atoms with van der Waals surface area (Å²) in [7, 11) is -2.75. The van der Waals surface area contributed by atoms with E-state index in [1.807, 2.05) is 11.0 Å². The van der Waals surface area contributed by atoms with Gasteiger partial charge in [0.15, 0.2) is 0 Å². The molecular formula is C22H21F3N2O4S. The summed E-state index contributed by atoms with van der Waals surface area (Å²) in [5.74, 6) is -0.575. The number of rotatable bonds is 4. The summed E-state index contributed by atoms with van der Waals surface area (Å²) in [6, 6.07) is 7.87. The monoisotopic (exact) mass is 466 g/mol. The number of hydrogen-bond donors (Lipinski definition) is 0. The summed E-state index contributed by atoms with van der Waals surface area (Å²) in [5, 5.41) is 0.222. The topological polar surface area (TPSA) is 68.6 Å². The number of methoxy groups -OCH3 is 1. The number of alkyl halides is 3. The maximum absolute atomic E-state index is 13.4. The molecule has 2 heterocycles. The van der Waals surface area contributed by atoms with Crippen molar-refractivity contribution in [2.75, 3.05) is 25.1 Å². The van der Waals surface area contributed by atoms with Crippen LogP contribution >= 0.6 is 0 Å². The smallest absolute Gasteiger partial charge is 0.416 e. The van der Waals surface area contributed by atoms with E-state index in [9.17, 15) is 26.4 Å². The summed E-state index contributed by atoms with van der Waals surface area (Å²) >= 11 is 0. The van der Waals surface area contributed by atoms with Crippen molar-refractivity contribution in [2.45, 2.75) is 24.9 Å². The molecule has 32 heavy (non-hydrogen) atoms. The highest BCUT2D eigenvalue weighted by Crippen LogP contribution is 2.35. The number of fused-ring (bicyclic) bond motifs is 1. The molecule has 1 saturated heterocycles. The third kappa shape index (κ3) is 3.72. The number of hydrogen-bond acceptors (Lipinski definition) is 5. The number of aryl methyl sites for hydroxylation is 2. The fourth-order valence-electron chi connectivity index (χ4n) is 3.91. The molecule has 0 aliphatic carbocycles. The highest BCUT2D eigenvalue weighted by atomic mass is 32.2. The predicted molar refractivity (Wildman–Crippen MR) is 113 cm³/mol. The Bertz CT molecular complexity index is 1320. The first-order valence-corrected chi connectivity index (χ1v) is 11.2. The highest BCUT2D eigenvalue weighted by molar-refractivity contribution is 7.90. The van der Waals surface area contributed by atoms with E-state index in [2.05, 4.69) is 0 Å². The molecule has 1 aliphatic rings. The van der Waals surface area contributed by atoms with Crippen molar-refractivity contribution in [2.24, 2.45) is 5.92 Å². The molecule has 1 aliphatic heterocycles. The van der Waals surface area contributed by atoms with Crippen LogP contribution in [-0.2, 0) is 25.7 Å². The van der Waals surface area contributed by atoms with Gasteiger partial charge in [-0.1, -0.05) is 0 Å². The van der Waals surface area contributed by atoms with Crippen molar-refractivity contribution in [3.05, 3.63) is 59.3 Å². The average molecular weight is 466 g/mol. The van der Waals surface area contributed by atoms with E-state index in [4.69, 9.17) is 4.74 Å². The lowest BCUT2D eigenvalue weighted by Gasteiger charge is -2.39. The molecule has 0 unspecified atom stereocenters. The van der Waals surface area contributed by atoms with Gasteiger partial charge >= 0.3 is 12.1 Å². The van der Waals surface area contributed by atoms with Gasteiger partial charge in [0.25, 0.3) is 10.0 Å². The number of ether oxygens (including phenoxy) is 1. The van der Waals surface area contributed by atoms with Crippen LogP contribution in [0, 0.1) is 19.8 Å². The minimum absolute atomic E-state index is 0.0193. The third-order valence-corrected chi connectivity index (χ3v) is 7.32. The average Bonchev–Trinajstić information content (AvgIpc) is 3.02. The van der Waals surface area contributed by atoms with Gasteiger partial charge in [0, 0.05) is 30.4 Å². The van der Waals surface area contributed by atoms with E-state index in [0.29, 0.717) is 29.9 Å². The normalized spacial score (nSPS) is 15.1. The Labute approximate surface area is 183 Å². The van der Waals surface area contributed by atoms with Crippen LogP contribution < -0.4 is 4.90 Å². The maximum atomic E-state index is 13.4. The molecule has 0 bridgehead atoms. The Balaban J connectivity index is 1.74. The van der Waals surface area contributed by atoms with Crippen molar-refractivity contribution < 1.29 is 31.1 Å². The Hall–Kier alpha value is -3.01. The minimum Gasteiger partial charge on any atom is -0.469 e. The van der Waals surface area contributed by atoms with E-state index >= 15 is 0 Å². The number of halogens is 3. The zero-order valence-corrected chi connectivity index (χ0v) is 18.4. The van der Waals surface area contributed by atoms with Gasteiger partial charge in [-0.2, -0.15) is 13.2 Å². The first-order chi connectivity index (χ1) is 14.9. The Morgan fingerprint density at radius 2 is 1.78 bits per heavy atom. The van der Waals surface area contributed by atoms with Crippen molar-refractivity contribution in [1.82, 2.24) is 3.97 Å². The van der Waals surface area contributed by atoms with Gasteiger partial charge in [0.1, 0.15) is 0 Å². The van der Waals surface area contributed by atoms with Crippen LogP contribution in [0.5, 0.6) is 0 Å². The predicted octanol–water partition coefficient (Wildman–Crippen LogP) is 4.12. The van der Waals surface area contributed by atoms with Crippen molar-refractivity contribution >= 4 is 32.6 Å². The summed E-state index contributed by atoms with van der Waals surface area (Å²) < 4.78 is 71.9. The lowest BCUT2D eigenvalue weighted by molar-refractivity contribution is -0.146. The summed E-state index contributed by atoms with van der Waals surface area (Å²) in [6.07, 6.45) is -3.19. The van der Waals surface area contributed by atoms with Crippen molar-refractivity contribution in [3.8, 4) is 0 Å². The van der Waals surface area contributed by atoms with E-state index in [1.165, 1.54) is 31.5 Å². The molecule has 170 valence electrons. The Kier molecular flexibility index (Phi) is 5.23. The van der Waals surface area contributed by atoms with Gasteiger partial charge in [-0.15, -0.1) is 0 Å². The van der Waals surface area contributed by atoms with Crippen molar-refractivity contribution in [1.29, 1.82) is 0 Å². The number of nitrogens with zero attached hydrogens (tertiary/aromatic N) is 2. The zero-order chi connectivity index (χ0) is 23.4. The molecule has 1 aromatic heterocycles. The molecular weight excluding hydrogens is 445 g/mol. The maximum Gasteiger partial charge on any atom is 0.416 e. The molecule has 0 atom stereocenters. The Morgan fingerprint density at radius 1 is 1.09 bits per heavy atom. The molecule has 2 aromatic carbocycles. The summed E-state index contributed by atoms with van der Waals surface area (Å²) in [4.78, 5) is 13.5. The molecule has 0 saturated carbocycles. The van der Waals surface area contributed by atoms with Gasteiger partial charge in [0.05, 0.1) is 29.0 Å². The van der Waals surface area contributed by atoms with Crippen LogP contribution in [0.1, 0.15) is 16.7 Å². The largest absolute Gasteiger partial charge is 0.469 e. The van der Waals surface area contributed by atoms with Crippen LogP contribution in [0.3, 0.4) is 0 Å². The number of carbonyl (C=O) groups excluding carboxylic acids is 1. The van der Waals surface area contributed by atoms with Crippen LogP contribution in [0.15, 0.2) is 47.5 Å². The number of anilines is 1. The van der Waals surface area contributed by atoms with Crippen molar-refractivity contribution in [3.63, 3.8) is 0 Å². The fraction of sp³-hybridized carbons (Fsp3) is 0.318. The van der Waals surface area contributed by atoms with E-state index < -0.39 is 21.8 Å². The summed E-state index contributed by atoms with van der Waals surface area (Å²) in [5.41, 5.74) is 1.12. The van der Waals surface area contributed by atoms with Gasteiger partial charge < -0.3 is 9.64 Å². The number of benzene rings is 2. The second-order valence-corrected chi connectivity index (χ2v) is 9.79. The van der Waals surface area contributed by atoms with Gasteiger partial charge in [0.2, 0.25) is 0 Å². The quantitative estimate of drug-likeness (QED) is 0.541. The first-order valence-electron chi connectivity index (χ1n) is 9.81. The second-order valence-electron chi connectivity index (χ2n) is 7.97. The van der Waals surface area contributed by atoms with Gasteiger partial charge in [-0.25, -0.2) is 12.4 Å². The molecule has 0 amide bonds. The lowest BCUT2D eigenvalue weighted by atomic mass is 9.99. The third-order valence-electron chi connectivity index (χ3n) is 5.67. The number of esters is 1. The number of aromatic nitrogens is 1. The van der Waals surface area contributed by atoms with Gasteiger partial charge in [-0.05, 0) is 61.4 Å². The van der Waals surface area contributed by atoms with Gasteiger partial charge in [-0.3, -0.25) is 4.79 Å². The molecule has 3 aromatic rings. The molecule has 0 radical (unpaired) electrons. The molecule has 0 spiro atoms. The second kappa shape index (κ2) is 7.54. The van der Waals surface area contributed by atoms with E-state index in [1.54, 1.807) is 13.8 Å². The zero-order valence-electron chi connectivity index (χ0n) is 17.6. The minimum atomic E-state index is -4.52. The number of carbonyl (C=O) groups is 1. The van der Waals surface area contributed by atoms with Crippen LogP contribution in [0.2, 0.25) is 0 Å². The SMILES string of the molecule is COC(=O)C1CN(c2cc(C)cc(S(=O)(=O)n3cc(C)c4cc(C(F)(F)F)ccc43)c2)C1. The van der Waals surface area contributed by atoms with Crippen LogP contribution in [0.4, 0.5) is 18.9 Å². The molecule has 0 N–H and O–H groups in total. The van der Waals surface area contributed by atoms with E-state index in [0.717, 1.165) is 16.1 Å². The standard InChI is InChI=1S/C22H21F3N2O4S/c1-13-6-17(26-11-15(12-26)21(28)31-3)9-18(7-13)32(29,30)27-10-14(2)19-8-16(22(23,24)25)4-5-20(19)27/h4-10,15H,11-12H2,1-3H3. The van der Waals surface area contributed by atoms with Crippen LogP contribution in [-0.4, -0.2) is 38.6 Å². The lowest BCUT2D eigenvalue weighted by Crippen LogP contribution is -2.50. The highest BCUT2D eigenvalue weighted by Gasteiger charge is 2.35. The van der Waals surface area contributed by atoms with Crippen LogP contribution in [0.25, 0.3) is 10.9 Å². The molecule has 4 rings (SSSR count). The molecule has 6 nitrogen and oxygen atoms in total. The first kappa shape index (κ1) is 22.2.